The lowest BCUT2D eigenvalue weighted by Crippen LogP contribution is -2.23. The summed E-state index contributed by atoms with van der Waals surface area (Å²) in [7, 11) is 0. The van der Waals surface area contributed by atoms with Crippen LogP contribution >= 0.6 is 15.9 Å². The summed E-state index contributed by atoms with van der Waals surface area (Å²) in [6.07, 6.45) is 14.8. The third-order valence-corrected chi connectivity index (χ3v) is 4.09. The van der Waals surface area contributed by atoms with Crippen molar-refractivity contribution >= 4 is 15.9 Å². The molecule has 2 bridgehead atoms. The van der Waals surface area contributed by atoms with Crippen molar-refractivity contribution in [1.29, 1.82) is 0 Å². The van der Waals surface area contributed by atoms with Crippen molar-refractivity contribution in [2.24, 2.45) is 11.3 Å². The number of halogens is 1. The molecule has 0 aliphatic heterocycles. The number of fused-ring (bicyclic) bond motifs is 1. The highest BCUT2D eigenvalue weighted by Gasteiger charge is 2.45. The molecular formula is C11H9Br. The normalized spacial score (nSPS) is 41.2. The smallest absolute Gasteiger partial charge is 0.0339 e. The number of rotatable bonds is 0. The maximum Gasteiger partial charge on any atom is 0.0339 e. The summed E-state index contributed by atoms with van der Waals surface area (Å²) in [5.41, 5.74) is 1.78. The molecule has 0 amide bonds. The summed E-state index contributed by atoms with van der Waals surface area (Å²) in [4.78, 5) is 0. The zero-order chi connectivity index (χ0) is 8.18. The topological polar surface area (TPSA) is 0 Å². The fraction of sp³-hybridized carbons (Fsp3) is 0.273. The number of hydrogen-bond donors (Lipinski definition) is 0. The molecule has 0 aromatic carbocycles. The molecule has 12 heavy (non-hydrogen) atoms. The predicted octanol–water partition coefficient (Wildman–Crippen LogP) is 3.34. The molecule has 3 aliphatic rings. The first-order valence-electron chi connectivity index (χ1n) is 4.26. The first kappa shape index (κ1) is 6.90. The molecule has 0 saturated heterocycles. The Labute approximate surface area is 80.5 Å². The second kappa shape index (κ2) is 2.02. The monoisotopic (exact) mass is 220 g/mol. The van der Waals surface area contributed by atoms with E-state index in [1.54, 1.807) is 0 Å². The van der Waals surface area contributed by atoms with Crippen molar-refractivity contribution in [1.82, 2.24) is 0 Å². The molecular weight excluding hydrogens is 212 g/mol. The molecule has 0 saturated carbocycles. The van der Waals surface area contributed by atoms with Crippen LogP contribution < -0.4 is 0 Å². The Kier molecular flexibility index (Phi) is 1.16. The zero-order valence-electron chi connectivity index (χ0n) is 6.63. The van der Waals surface area contributed by atoms with Crippen LogP contribution in [0.4, 0.5) is 0 Å². The van der Waals surface area contributed by atoms with Gasteiger partial charge in [0.1, 0.15) is 0 Å². The van der Waals surface area contributed by atoms with Gasteiger partial charge in [0.15, 0.2) is 0 Å². The highest BCUT2D eigenvalue weighted by atomic mass is 79.9. The third kappa shape index (κ3) is 0.639. The van der Waals surface area contributed by atoms with Gasteiger partial charge in [0.2, 0.25) is 0 Å². The Morgan fingerprint density at radius 2 is 2.42 bits per heavy atom. The second-order valence-corrected chi connectivity index (χ2v) is 4.57. The van der Waals surface area contributed by atoms with Gasteiger partial charge in [0.05, 0.1) is 0 Å². The lowest BCUT2D eigenvalue weighted by atomic mass is 9.75. The predicted molar refractivity (Wildman–Crippen MR) is 53.9 cm³/mol. The Bertz CT molecular complexity index is 357. The summed E-state index contributed by atoms with van der Waals surface area (Å²) in [6.45, 7) is 0. The van der Waals surface area contributed by atoms with Gasteiger partial charge in [-0.3, -0.25) is 0 Å². The SMILES string of the molecule is BrC1=CC=CC2C=C3C=CC12C3. The molecule has 2 unspecified atom stereocenters. The van der Waals surface area contributed by atoms with Crippen LogP contribution in [0.2, 0.25) is 0 Å². The number of allylic oxidation sites excluding steroid dienone is 8. The lowest BCUT2D eigenvalue weighted by molar-refractivity contribution is 0.446. The second-order valence-electron chi connectivity index (χ2n) is 3.72. The van der Waals surface area contributed by atoms with Crippen molar-refractivity contribution in [2.75, 3.05) is 0 Å². The molecule has 0 aromatic heterocycles. The minimum atomic E-state index is 0.282. The first-order valence-corrected chi connectivity index (χ1v) is 5.05. The van der Waals surface area contributed by atoms with E-state index in [9.17, 15) is 0 Å². The summed E-state index contributed by atoms with van der Waals surface area (Å²) in [6, 6.07) is 0. The average molecular weight is 221 g/mol. The fourth-order valence-electron chi connectivity index (χ4n) is 2.40. The molecule has 3 rings (SSSR count). The largest absolute Gasteiger partial charge is 0.0763 e. The molecule has 1 spiro atoms. The van der Waals surface area contributed by atoms with E-state index in [1.807, 2.05) is 0 Å². The van der Waals surface area contributed by atoms with Crippen LogP contribution in [-0.2, 0) is 0 Å². The highest BCUT2D eigenvalue weighted by molar-refractivity contribution is 9.11. The van der Waals surface area contributed by atoms with Gasteiger partial charge in [-0.25, -0.2) is 0 Å². The van der Waals surface area contributed by atoms with Crippen molar-refractivity contribution in [3.63, 3.8) is 0 Å². The minimum absolute atomic E-state index is 0.282. The molecule has 0 fully saturated rings. The quantitative estimate of drug-likeness (QED) is 0.588. The van der Waals surface area contributed by atoms with E-state index in [0.29, 0.717) is 5.92 Å². The van der Waals surface area contributed by atoms with E-state index in [1.165, 1.54) is 16.5 Å². The average Bonchev–Trinajstić information content (AvgIpc) is 2.61. The van der Waals surface area contributed by atoms with Gasteiger partial charge < -0.3 is 0 Å². The lowest BCUT2D eigenvalue weighted by Gasteiger charge is -2.31. The molecule has 0 N–H and O–H groups in total. The fourth-order valence-corrected chi connectivity index (χ4v) is 3.09. The van der Waals surface area contributed by atoms with Gasteiger partial charge in [-0.2, -0.15) is 0 Å². The molecule has 0 heterocycles. The van der Waals surface area contributed by atoms with E-state index < -0.39 is 0 Å². The van der Waals surface area contributed by atoms with E-state index in [2.05, 4.69) is 52.4 Å². The van der Waals surface area contributed by atoms with E-state index >= 15 is 0 Å². The minimum Gasteiger partial charge on any atom is -0.0763 e. The van der Waals surface area contributed by atoms with Gasteiger partial charge in [-0.05, 0) is 6.42 Å². The Morgan fingerprint density at radius 3 is 3.17 bits per heavy atom. The van der Waals surface area contributed by atoms with Gasteiger partial charge >= 0.3 is 0 Å². The molecule has 0 nitrogen and oxygen atoms in total. The maximum atomic E-state index is 3.66. The van der Waals surface area contributed by atoms with Gasteiger partial charge in [-0.15, -0.1) is 0 Å². The van der Waals surface area contributed by atoms with Crippen molar-refractivity contribution < 1.29 is 0 Å². The molecule has 2 atom stereocenters. The van der Waals surface area contributed by atoms with E-state index in [4.69, 9.17) is 0 Å². The molecule has 0 radical (unpaired) electrons. The van der Waals surface area contributed by atoms with Crippen LogP contribution in [0.15, 0.2) is 46.5 Å². The summed E-state index contributed by atoms with van der Waals surface area (Å²) >= 11 is 3.66. The third-order valence-electron chi connectivity index (χ3n) is 3.09. The van der Waals surface area contributed by atoms with Crippen molar-refractivity contribution in [3.05, 3.63) is 46.5 Å². The van der Waals surface area contributed by atoms with Gasteiger partial charge in [0.25, 0.3) is 0 Å². The van der Waals surface area contributed by atoms with Crippen LogP contribution in [0.3, 0.4) is 0 Å². The van der Waals surface area contributed by atoms with Crippen LogP contribution in [0.5, 0.6) is 0 Å². The molecule has 3 aliphatic carbocycles. The van der Waals surface area contributed by atoms with Gasteiger partial charge in [-0.1, -0.05) is 58.0 Å². The number of hydrogen-bond acceptors (Lipinski definition) is 0. The van der Waals surface area contributed by atoms with Crippen LogP contribution in [-0.4, -0.2) is 0 Å². The maximum absolute atomic E-state index is 3.66. The standard InChI is InChI=1S/C11H9Br/c12-10-3-1-2-9-6-8-4-5-11(9,10)7-8/h1-6,9H,7H2. The molecule has 1 heteroatoms. The van der Waals surface area contributed by atoms with Gasteiger partial charge in [0, 0.05) is 15.8 Å². The van der Waals surface area contributed by atoms with E-state index in [-0.39, 0.29) is 5.41 Å². The van der Waals surface area contributed by atoms with Crippen LogP contribution in [0.25, 0.3) is 0 Å². The summed E-state index contributed by atoms with van der Waals surface area (Å²) < 4.78 is 1.34. The van der Waals surface area contributed by atoms with E-state index in [0.717, 1.165) is 0 Å². The molecule has 60 valence electrons. The molecule has 0 aromatic rings. The van der Waals surface area contributed by atoms with Crippen LogP contribution in [0.1, 0.15) is 6.42 Å². The Hall–Kier alpha value is -0.560. The summed E-state index contributed by atoms with van der Waals surface area (Å²) in [5.74, 6) is 0.608. The van der Waals surface area contributed by atoms with Crippen LogP contribution in [0, 0.1) is 11.3 Å². The Balaban J connectivity index is 2.21. The van der Waals surface area contributed by atoms with Crippen molar-refractivity contribution in [3.8, 4) is 0 Å². The van der Waals surface area contributed by atoms with Crippen molar-refractivity contribution in [2.45, 2.75) is 6.42 Å². The Morgan fingerprint density at radius 1 is 1.50 bits per heavy atom. The summed E-state index contributed by atoms with van der Waals surface area (Å²) in [5, 5.41) is 0. The zero-order valence-corrected chi connectivity index (χ0v) is 8.21. The first-order chi connectivity index (χ1) is 5.81. The highest BCUT2D eigenvalue weighted by Crippen LogP contribution is 2.57.